The fourth-order valence-corrected chi connectivity index (χ4v) is 4.44. The summed E-state index contributed by atoms with van der Waals surface area (Å²) in [5, 5.41) is 2.91. The predicted molar refractivity (Wildman–Crippen MR) is 112 cm³/mol. The summed E-state index contributed by atoms with van der Waals surface area (Å²) in [5.74, 6) is 0.0398. The number of benzene rings is 2. The quantitative estimate of drug-likeness (QED) is 0.805. The van der Waals surface area contributed by atoms with E-state index >= 15 is 0 Å². The molecule has 158 valence electrons. The minimum Gasteiger partial charge on any atom is -0.453 e. The van der Waals surface area contributed by atoms with Crippen molar-refractivity contribution in [2.24, 2.45) is 5.92 Å². The zero-order valence-corrected chi connectivity index (χ0v) is 17.1. The monoisotopic (exact) mass is 410 g/mol. The van der Waals surface area contributed by atoms with E-state index in [9.17, 15) is 14.0 Å². The Morgan fingerprint density at radius 3 is 2.50 bits per heavy atom. The van der Waals surface area contributed by atoms with Gasteiger partial charge in [0.25, 0.3) is 0 Å². The summed E-state index contributed by atoms with van der Waals surface area (Å²) in [4.78, 5) is 26.8. The van der Waals surface area contributed by atoms with Gasteiger partial charge in [0.1, 0.15) is 5.82 Å². The smallest absolute Gasteiger partial charge is 0.407 e. The fourth-order valence-electron chi connectivity index (χ4n) is 4.44. The lowest BCUT2D eigenvalue weighted by atomic mass is 9.84. The van der Waals surface area contributed by atoms with Gasteiger partial charge in [-0.1, -0.05) is 42.8 Å². The lowest BCUT2D eigenvalue weighted by molar-refractivity contribution is -0.139. The first kappa shape index (κ1) is 20.4. The molecule has 6 heteroatoms. The third kappa shape index (κ3) is 4.32. The van der Waals surface area contributed by atoms with Crippen molar-refractivity contribution in [2.45, 2.75) is 44.2 Å². The molecule has 0 radical (unpaired) electrons. The van der Waals surface area contributed by atoms with E-state index in [-0.39, 0.29) is 29.7 Å². The van der Waals surface area contributed by atoms with Crippen LogP contribution in [0.2, 0.25) is 0 Å². The number of halogens is 1. The van der Waals surface area contributed by atoms with Crippen LogP contribution in [0.4, 0.5) is 9.18 Å². The molecule has 2 aromatic carbocycles. The third-order valence-electron chi connectivity index (χ3n) is 6.30. The number of nitrogens with one attached hydrogen (secondary N) is 1. The summed E-state index contributed by atoms with van der Waals surface area (Å²) in [6, 6.07) is 14.2. The van der Waals surface area contributed by atoms with Gasteiger partial charge in [0.05, 0.1) is 19.2 Å². The van der Waals surface area contributed by atoms with Gasteiger partial charge in [-0.15, -0.1) is 0 Å². The highest BCUT2D eigenvalue weighted by Crippen LogP contribution is 2.33. The molecule has 2 unspecified atom stereocenters. The van der Waals surface area contributed by atoms with Gasteiger partial charge in [0.2, 0.25) is 5.91 Å². The molecule has 2 aliphatic rings. The molecule has 2 amide bonds. The SMILES string of the molecule is COC(=O)NC1CCN(C(=O)C2CCC2)C1Cc1cccc(-c2cccc(F)c2)c1. The van der Waals surface area contributed by atoms with Crippen LogP contribution < -0.4 is 5.32 Å². The summed E-state index contributed by atoms with van der Waals surface area (Å²) in [5.41, 5.74) is 2.79. The van der Waals surface area contributed by atoms with Crippen molar-refractivity contribution in [3.8, 4) is 11.1 Å². The van der Waals surface area contributed by atoms with Gasteiger partial charge in [-0.25, -0.2) is 9.18 Å². The van der Waals surface area contributed by atoms with E-state index in [0.29, 0.717) is 19.4 Å². The Bertz CT molecular complexity index is 928. The van der Waals surface area contributed by atoms with E-state index in [4.69, 9.17) is 4.74 Å². The highest BCUT2D eigenvalue weighted by molar-refractivity contribution is 5.80. The Morgan fingerprint density at radius 1 is 1.10 bits per heavy atom. The molecule has 1 aliphatic heterocycles. The van der Waals surface area contributed by atoms with Crippen LogP contribution >= 0.6 is 0 Å². The molecular weight excluding hydrogens is 383 g/mol. The number of carbonyl (C=O) groups is 2. The number of methoxy groups -OCH3 is 1. The second-order valence-corrected chi connectivity index (χ2v) is 8.17. The van der Waals surface area contributed by atoms with Crippen molar-refractivity contribution in [2.75, 3.05) is 13.7 Å². The second kappa shape index (κ2) is 8.86. The maximum Gasteiger partial charge on any atom is 0.407 e. The number of hydrogen-bond donors (Lipinski definition) is 1. The molecule has 1 saturated carbocycles. The van der Waals surface area contributed by atoms with Gasteiger partial charge in [-0.05, 0) is 54.5 Å². The molecule has 30 heavy (non-hydrogen) atoms. The van der Waals surface area contributed by atoms with Gasteiger partial charge in [0, 0.05) is 12.5 Å². The molecule has 1 heterocycles. The molecule has 2 atom stereocenters. The second-order valence-electron chi connectivity index (χ2n) is 8.17. The van der Waals surface area contributed by atoms with Crippen molar-refractivity contribution in [3.05, 3.63) is 59.9 Å². The van der Waals surface area contributed by atoms with Gasteiger partial charge >= 0.3 is 6.09 Å². The first-order valence-corrected chi connectivity index (χ1v) is 10.5. The number of hydrogen-bond acceptors (Lipinski definition) is 3. The summed E-state index contributed by atoms with van der Waals surface area (Å²) in [6.07, 6.45) is 3.86. The number of ether oxygens (including phenoxy) is 1. The van der Waals surface area contributed by atoms with Crippen LogP contribution in [0.5, 0.6) is 0 Å². The lowest BCUT2D eigenvalue weighted by Crippen LogP contribution is -2.50. The molecule has 2 aromatic rings. The van der Waals surface area contributed by atoms with Gasteiger partial charge in [-0.3, -0.25) is 4.79 Å². The Labute approximate surface area is 176 Å². The van der Waals surface area contributed by atoms with Crippen molar-refractivity contribution in [1.29, 1.82) is 0 Å². The largest absolute Gasteiger partial charge is 0.453 e. The fraction of sp³-hybridized carbons (Fsp3) is 0.417. The summed E-state index contributed by atoms with van der Waals surface area (Å²) >= 11 is 0. The Balaban J connectivity index is 1.57. The van der Waals surface area contributed by atoms with E-state index in [2.05, 4.69) is 5.32 Å². The zero-order chi connectivity index (χ0) is 21.1. The van der Waals surface area contributed by atoms with E-state index < -0.39 is 6.09 Å². The minimum atomic E-state index is -0.476. The topological polar surface area (TPSA) is 58.6 Å². The van der Waals surface area contributed by atoms with E-state index in [0.717, 1.165) is 36.0 Å². The number of likely N-dealkylation sites (tertiary alicyclic amines) is 1. The van der Waals surface area contributed by atoms with Crippen LogP contribution in [0.25, 0.3) is 11.1 Å². The first-order valence-electron chi connectivity index (χ1n) is 10.5. The predicted octanol–water partition coefficient (Wildman–Crippen LogP) is 4.16. The van der Waals surface area contributed by atoms with Crippen LogP contribution in [-0.4, -0.2) is 42.6 Å². The number of rotatable bonds is 5. The van der Waals surface area contributed by atoms with E-state index in [1.807, 2.05) is 35.2 Å². The average molecular weight is 410 g/mol. The average Bonchev–Trinajstić information content (AvgIpc) is 3.09. The maximum atomic E-state index is 13.6. The highest BCUT2D eigenvalue weighted by atomic mass is 19.1. The molecule has 5 nitrogen and oxygen atoms in total. The number of nitrogens with zero attached hydrogens (tertiary/aromatic N) is 1. The van der Waals surface area contributed by atoms with E-state index in [1.54, 1.807) is 6.07 Å². The van der Waals surface area contributed by atoms with Crippen LogP contribution in [0.15, 0.2) is 48.5 Å². The third-order valence-corrected chi connectivity index (χ3v) is 6.30. The standard InChI is InChI=1S/C24H27FN2O3/c1-30-24(29)26-21-11-12-27(23(28)17-6-3-7-17)22(21)14-16-5-2-8-18(13-16)19-9-4-10-20(25)15-19/h2,4-5,8-10,13,15,17,21-22H,3,6-7,11-12,14H2,1H3,(H,26,29). The van der Waals surface area contributed by atoms with E-state index in [1.165, 1.54) is 19.2 Å². The number of amides is 2. The van der Waals surface area contributed by atoms with Gasteiger partial charge in [0.15, 0.2) is 0 Å². The number of carbonyl (C=O) groups excluding carboxylic acids is 2. The molecule has 0 aromatic heterocycles. The molecule has 1 saturated heterocycles. The Kier molecular flexibility index (Phi) is 6.02. The molecule has 4 rings (SSSR count). The van der Waals surface area contributed by atoms with Gasteiger partial charge < -0.3 is 15.0 Å². The Hall–Kier alpha value is -2.89. The normalized spacial score (nSPS) is 21.2. The van der Waals surface area contributed by atoms with Crippen molar-refractivity contribution in [3.63, 3.8) is 0 Å². The van der Waals surface area contributed by atoms with Gasteiger partial charge in [-0.2, -0.15) is 0 Å². The molecule has 0 spiro atoms. The first-order chi connectivity index (χ1) is 14.5. The molecule has 1 N–H and O–H groups in total. The highest BCUT2D eigenvalue weighted by Gasteiger charge is 2.41. The van der Waals surface area contributed by atoms with Crippen LogP contribution in [-0.2, 0) is 16.0 Å². The summed E-state index contributed by atoms with van der Waals surface area (Å²) in [6.45, 7) is 0.637. The number of alkyl carbamates (subject to hydrolysis) is 1. The van der Waals surface area contributed by atoms with Crippen LogP contribution in [0.3, 0.4) is 0 Å². The molecule has 0 bridgehead atoms. The molecule has 1 aliphatic carbocycles. The summed E-state index contributed by atoms with van der Waals surface area (Å²) < 4.78 is 18.4. The molecule has 2 fully saturated rings. The van der Waals surface area contributed by atoms with Crippen molar-refractivity contribution in [1.82, 2.24) is 10.2 Å². The van der Waals surface area contributed by atoms with Crippen molar-refractivity contribution >= 4 is 12.0 Å². The minimum absolute atomic E-state index is 0.114. The maximum absolute atomic E-state index is 13.6. The molecular formula is C24H27FN2O3. The van der Waals surface area contributed by atoms with Crippen molar-refractivity contribution < 1.29 is 18.7 Å². The zero-order valence-electron chi connectivity index (χ0n) is 17.1. The van der Waals surface area contributed by atoms with Crippen LogP contribution in [0, 0.1) is 11.7 Å². The lowest BCUT2D eigenvalue weighted by Gasteiger charge is -2.34. The van der Waals surface area contributed by atoms with Crippen LogP contribution in [0.1, 0.15) is 31.2 Å². The summed E-state index contributed by atoms with van der Waals surface area (Å²) in [7, 11) is 1.35. The Morgan fingerprint density at radius 2 is 1.83 bits per heavy atom.